The van der Waals surface area contributed by atoms with Crippen LogP contribution in [0.15, 0.2) is 73.2 Å². The third-order valence-corrected chi connectivity index (χ3v) is 6.17. The van der Waals surface area contributed by atoms with Gasteiger partial charge in [0.05, 0.1) is 10.9 Å². The summed E-state index contributed by atoms with van der Waals surface area (Å²) in [7, 11) is 0. The van der Waals surface area contributed by atoms with Gasteiger partial charge in [-0.25, -0.2) is 0 Å². The lowest BCUT2D eigenvalue weighted by Gasteiger charge is -2.21. The van der Waals surface area contributed by atoms with Gasteiger partial charge in [0.2, 0.25) is 11.8 Å². The minimum absolute atomic E-state index is 0.199. The normalized spacial score (nSPS) is 16.1. The van der Waals surface area contributed by atoms with Gasteiger partial charge in [-0.1, -0.05) is 36.4 Å². The molecule has 0 fully saturated rings. The first kappa shape index (κ1) is 21.2. The van der Waals surface area contributed by atoms with Gasteiger partial charge in [-0.3, -0.25) is 4.79 Å². The second-order valence-corrected chi connectivity index (χ2v) is 8.40. The van der Waals surface area contributed by atoms with Gasteiger partial charge in [0.15, 0.2) is 12.4 Å². The Morgan fingerprint density at radius 3 is 2.67 bits per heavy atom. The summed E-state index contributed by atoms with van der Waals surface area (Å²) in [5.41, 5.74) is 4.40. The zero-order chi connectivity index (χ0) is 23.2. The molecule has 0 radical (unpaired) electrons. The fourth-order valence-electron chi connectivity index (χ4n) is 4.62. The third kappa shape index (κ3) is 4.23. The van der Waals surface area contributed by atoms with Crippen molar-refractivity contribution in [1.29, 1.82) is 0 Å². The Balaban J connectivity index is 1.46. The minimum Gasteiger partial charge on any atom is -0.406 e. The van der Waals surface area contributed by atoms with E-state index in [2.05, 4.69) is 27.6 Å². The predicted molar refractivity (Wildman–Crippen MR) is 117 cm³/mol. The van der Waals surface area contributed by atoms with Gasteiger partial charge < -0.3 is 9.30 Å². The summed E-state index contributed by atoms with van der Waals surface area (Å²) in [4.78, 5) is 13.2. The van der Waals surface area contributed by atoms with Crippen LogP contribution in [0.4, 0.5) is 13.2 Å². The van der Waals surface area contributed by atoms with E-state index < -0.39 is 12.4 Å². The second-order valence-electron chi connectivity index (χ2n) is 8.40. The van der Waals surface area contributed by atoms with Crippen LogP contribution in [-0.2, 0) is 13.0 Å². The summed E-state index contributed by atoms with van der Waals surface area (Å²) < 4.78 is 46.0. The first-order chi connectivity index (χ1) is 15.8. The Bertz CT molecular complexity index is 1340. The van der Waals surface area contributed by atoms with E-state index in [4.69, 9.17) is 0 Å². The molecule has 0 bridgehead atoms. The number of aryl methyl sites for hydroxylation is 2. The van der Waals surface area contributed by atoms with E-state index in [-0.39, 0.29) is 11.5 Å². The molecule has 1 aliphatic carbocycles. The molecule has 1 aliphatic rings. The summed E-state index contributed by atoms with van der Waals surface area (Å²) in [6, 6.07) is 15.7. The molecule has 33 heavy (non-hydrogen) atoms. The van der Waals surface area contributed by atoms with E-state index in [1.165, 1.54) is 17.7 Å². The van der Waals surface area contributed by atoms with Crippen LogP contribution in [0.25, 0.3) is 10.9 Å². The molecule has 4 nitrogen and oxygen atoms in total. The van der Waals surface area contributed by atoms with Crippen LogP contribution in [-0.4, -0.2) is 16.7 Å². The molecular weight excluding hydrogens is 429 g/mol. The number of aromatic nitrogens is 2. The summed E-state index contributed by atoms with van der Waals surface area (Å²) >= 11 is 0. The smallest absolute Gasteiger partial charge is 0.406 e. The van der Waals surface area contributed by atoms with Crippen LogP contribution >= 0.6 is 0 Å². The third-order valence-electron chi connectivity index (χ3n) is 6.17. The van der Waals surface area contributed by atoms with Crippen LogP contribution in [0.2, 0.25) is 0 Å². The van der Waals surface area contributed by atoms with Gasteiger partial charge in [-0.15, -0.1) is 13.2 Å². The van der Waals surface area contributed by atoms with Crippen LogP contribution in [0, 0.1) is 6.92 Å². The Labute approximate surface area is 188 Å². The SMILES string of the molecule is Cc1cn(Cc2ccccc2)c2cc[n+](C3CCc4ccc(OC(F)(F)F)cc4C3=O)cc12. The molecule has 0 aliphatic heterocycles. The molecule has 0 amide bonds. The highest BCUT2D eigenvalue weighted by Crippen LogP contribution is 2.31. The molecule has 0 N–H and O–H groups in total. The first-order valence-electron chi connectivity index (χ1n) is 10.8. The molecule has 4 aromatic rings. The zero-order valence-corrected chi connectivity index (χ0v) is 18.0. The maximum Gasteiger partial charge on any atom is 0.573 e. The van der Waals surface area contributed by atoms with Crippen molar-refractivity contribution in [1.82, 2.24) is 4.57 Å². The number of hydrogen-bond donors (Lipinski definition) is 0. The Kier molecular flexibility index (Phi) is 5.19. The van der Waals surface area contributed by atoms with Crippen molar-refractivity contribution in [2.75, 3.05) is 0 Å². The molecule has 7 heteroatoms. The van der Waals surface area contributed by atoms with Crippen molar-refractivity contribution in [2.45, 2.75) is 38.7 Å². The minimum atomic E-state index is -4.80. The number of carbonyl (C=O) groups excluding carboxylic acids is 1. The Morgan fingerprint density at radius 1 is 1.12 bits per heavy atom. The molecular formula is C26H22F3N2O2+. The number of Topliss-reactive ketones (excluding diaryl/α,β-unsaturated/α-hetero) is 1. The maximum atomic E-state index is 13.2. The lowest BCUT2D eigenvalue weighted by molar-refractivity contribution is -0.707. The summed E-state index contributed by atoms with van der Waals surface area (Å²) in [6.45, 7) is 2.78. The van der Waals surface area contributed by atoms with Crippen molar-refractivity contribution in [3.8, 4) is 5.75 Å². The number of ketones is 1. The Morgan fingerprint density at radius 2 is 1.91 bits per heavy atom. The topological polar surface area (TPSA) is 35.1 Å². The lowest BCUT2D eigenvalue weighted by Crippen LogP contribution is -2.45. The van der Waals surface area contributed by atoms with Gasteiger partial charge in [-0.2, -0.15) is 4.57 Å². The highest BCUT2D eigenvalue weighted by atomic mass is 19.4. The predicted octanol–water partition coefficient (Wildman–Crippen LogP) is 5.55. The molecule has 2 heterocycles. The molecule has 5 rings (SSSR count). The Hall–Kier alpha value is -3.61. The number of fused-ring (bicyclic) bond motifs is 2. The zero-order valence-electron chi connectivity index (χ0n) is 18.0. The number of hydrogen-bond acceptors (Lipinski definition) is 2. The van der Waals surface area contributed by atoms with Crippen molar-refractivity contribution >= 4 is 16.7 Å². The number of benzene rings is 2. The highest BCUT2D eigenvalue weighted by molar-refractivity contribution is 6.00. The molecule has 1 unspecified atom stereocenters. The van der Waals surface area contributed by atoms with Gasteiger partial charge in [0, 0.05) is 30.8 Å². The standard InChI is InChI=1S/C26H22F3N2O2/c1-17-14-31(15-18-5-3-2-4-6-18)23-11-12-30(16-22(17)23)24-10-8-19-7-9-20(33-26(27,28)29)13-21(19)25(24)32/h2-7,9,11-14,16,24H,8,10,15H2,1H3/q+1. The largest absolute Gasteiger partial charge is 0.573 e. The molecule has 0 saturated heterocycles. The summed E-state index contributed by atoms with van der Waals surface area (Å²) in [5, 5.41) is 1.04. The van der Waals surface area contributed by atoms with Crippen molar-refractivity contribution < 1.29 is 27.3 Å². The van der Waals surface area contributed by atoms with Crippen LogP contribution < -0.4 is 9.30 Å². The number of halogens is 3. The van der Waals surface area contributed by atoms with Crippen molar-refractivity contribution in [3.63, 3.8) is 0 Å². The fraction of sp³-hybridized carbons (Fsp3) is 0.231. The number of pyridine rings is 1. The molecule has 0 saturated carbocycles. The highest BCUT2D eigenvalue weighted by Gasteiger charge is 2.36. The van der Waals surface area contributed by atoms with Gasteiger partial charge in [0.25, 0.3) is 0 Å². The molecule has 0 spiro atoms. The number of ether oxygens (including phenoxy) is 1. The van der Waals surface area contributed by atoms with Gasteiger partial charge in [-0.05, 0) is 42.2 Å². The van der Waals surface area contributed by atoms with Crippen molar-refractivity contribution in [2.24, 2.45) is 0 Å². The number of nitrogens with zero attached hydrogens (tertiary/aromatic N) is 2. The number of carbonyl (C=O) groups is 1. The summed E-state index contributed by atoms with van der Waals surface area (Å²) in [5.74, 6) is -0.570. The van der Waals surface area contributed by atoms with Gasteiger partial charge in [0.1, 0.15) is 5.75 Å². The van der Waals surface area contributed by atoms with Crippen LogP contribution in [0.3, 0.4) is 0 Å². The van der Waals surface area contributed by atoms with E-state index in [1.54, 1.807) is 6.07 Å². The van der Waals surface area contributed by atoms with Crippen LogP contribution in [0.1, 0.15) is 39.5 Å². The average Bonchev–Trinajstić information content (AvgIpc) is 3.08. The molecule has 2 aromatic heterocycles. The molecule has 1 atom stereocenters. The monoisotopic (exact) mass is 451 g/mol. The van der Waals surface area contributed by atoms with E-state index in [1.807, 2.05) is 48.1 Å². The van der Waals surface area contributed by atoms with Gasteiger partial charge >= 0.3 is 6.36 Å². The van der Waals surface area contributed by atoms with E-state index in [9.17, 15) is 18.0 Å². The molecule has 168 valence electrons. The first-order valence-corrected chi connectivity index (χ1v) is 10.8. The lowest BCUT2D eigenvalue weighted by atomic mass is 9.86. The summed E-state index contributed by atoms with van der Waals surface area (Å²) in [6.07, 6.45) is 2.35. The average molecular weight is 451 g/mol. The van der Waals surface area contributed by atoms with E-state index in [0.717, 1.165) is 28.6 Å². The van der Waals surface area contributed by atoms with E-state index >= 15 is 0 Å². The van der Waals surface area contributed by atoms with Crippen LogP contribution in [0.5, 0.6) is 5.75 Å². The molecule has 2 aromatic carbocycles. The quantitative estimate of drug-likeness (QED) is 0.381. The van der Waals surface area contributed by atoms with Crippen molar-refractivity contribution in [3.05, 3.63) is 95.4 Å². The fourth-order valence-corrected chi connectivity index (χ4v) is 4.62. The number of rotatable bonds is 4. The number of alkyl halides is 3. The van der Waals surface area contributed by atoms with E-state index in [0.29, 0.717) is 18.4 Å². The second kappa shape index (κ2) is 8.06. The maximum absolute atomic E-state index is 13.2.